The Morgan fingerprint density at radius 1 is 1.00 bits per heavy atom. The first-order valence-corrected chi connectivity index (χ1v) is 6.55. The molecule has 2 rings (SSSR count). The Bertz CT molecular complexity index is 627. The summed E-state index contributed by atoms with van der Waals surface area (Å²) in [6, 6.07) is 14.3. The monoisotopic (exact) mass is 268 g/mol. The van der Waals surface area contributed by atoms with Gasteiger partial charge in [0, 0.05) is 11.1 Å². The fourth-order valence-electron chi connectivity index (χ4n) is 2.11. The van der Waals surface area contributed by atoms with E-state index in [9.17, 15) is 9.59 Å². The molecule has 1 N–H and O–H groups in total. The van der Waals surface area contributed by atoms with Crippen molar-refractivity contribution in [2.24, 2.45) is 0 Å². The van der Waals surface area contributed by atoms with Gasteiger partial charge in [0.25, 0.3) is 0 Å². The molecule has 0 aliphatic heterocycles. The molecule has 3 nitrogen and oxygen atoms in total. The zero-order chi connectivity index (χ0) is 14.5. The normalized spacial score (nSPS) is 10.2. The molecule has 0 saturated carbocycles. The molecule has 0 aliphatic carbocycles. The van der Waals surface area contributed by atoms with Crippen LogP contribution in [0.15, 0.2) is 48.5 Å². The number of aliphatic carboxylic acids is 1. The van der Waals surface area contributed by atoms with Crippen LogP contribution in [0.5, 0.6) is 0 Å². The van der Waals surface area contributed by atoms with Gasteiger partial charge >= 0.3 is 5.97 Å². The molecule has 0 unspecified atom stereocenters. The average molecular weight is 268 g/mol. The zero-order valence-corrected chi connectivity index (χ0v) is 11.3. The molecule has 2 aromatic rings. The van der Waals surface area contributed by atoms with E-state index in [-0.39, 0.29) is 12.2 Å². The van der Waals surface area contributed by atoms with E-state index in [1.54, 1.807) is 36.4 Å². The van der Waals surface area contributed by atoms with Crippen molar-refractivity contribution in [3.8, 4) is 0 Å². The van der Waals surface area contributed by atoms with Gasteiger partial charge in [0.15, 0.2) is 5.78 Å². The summed E-state index contributed by atoms with van der Waals surface area (Å²) in [5, 5.41) is 8.90. The van der Waals surface area contributed by atoms with E-state index in [1.807, 2.05) is 12.1 Å². The maximum absolute atomic E-state index is 12.5. The molecule has 0 aliphatic rings. The van der Waals surface area contributed by atoms with Crippen molar-refractivity contribution in [1.82, 2.24) is 0 Å². The number of carboxylic acids is 1. The molecule has 0 saturated heterocycles. The quantitative estimate of drug-likeness (QED) is 0.848. The van der Waals surface area contributed by atoms with E-state index >= 15 is 0 Å². The van der Waals surface area contributed by atoms with E-state index in [0.717, 1.165) is 6.42 Å². The first kappa shape index (κ1) is 14.0. The molecule has 2 aromatic carbocycles. The number of hydrogen-bond acceptors (Lipinski definition) is 2. The molecule has 20 heavy (non-hydrogen) atoms. The molecule has 0 bridgehead atoms. The van der Waals surface area contributed by atoms with Gasteiger partial charge in [-0.05, 0) is 17.5 Å². The van der Waals surface area contributed by atoms with Gasteiger partial charge in [-0.2, -0.15) is 0 Å². The summed E-state index contributed by atoms with van der Waals surface area (Å²) < 4.78 is 0. The minimum absolute atomic E-state index is 0.135. The molecular weight excluding hydrogens is 252 g/mol. The maximum atomic E-state index is 12.5. The summed E-state index contributed by atoms with van der Waals surface area (Å²) in [5.41, 5.74) is 2.75. The third-order valence-corrected chi connectivity index (χ3v) is 3.23. The van der Waals surface area contributed by atoms with Gasteiger partial charge in [0.1, 0.15) is 0 Å². The van der Waals surface area contributed by atoms with Crippen LogP contribution in [-0.2, 0) is 17.6 Å². The standard InChI is InChI=1S/C17H16O3/c1-2-12-7-9-13(10-8-12)17(20)15-6-4-3-5-14(15)11-16(18)19/h3-10H,2,11H2,1H3,(H,18,19). The Kier molecular flexibility index (Phi) is 4.31. The summed E-state index contributed by atoms with van der Waals surface area (Å²) in [6.45, 7) is 2.05. The van der Waals surface area contributed by atoms with Crippen LogP contribution in [0.1, 0.15) is 34.0 Å². The van der Waals surface area contributed by atoms with Gasteiger partial charge in [-0.1, -0.05) is 55.5 Å². The lowest BCUT2D eigenvalue weighted by molar-refractivity contribution is -0.136. The van der Waals surface area contributed by atoms with E-state index in [4.69, 9.17) is 5.11 Å². The van der Waals surface area contributed by atoms with Gasteiger partial charge in [0.05, 0.1) is 6.42 Å². The number of carboxylic acid groups (broad SMARTS) is 1. The van der Waals surface area contributed by atoms with Crippen LogP contribution in [0, 0.1) is 0 Å². The van der Waals surface area contributed by atoms with Crippen molar-refractivity contribution in [3.63, 3.8) is 0 Å². The van der Waals surface area contributed by atoms with E-state index in [0.29, 0.717) is 16.7 Å². The second-order valence-electron chi connectivity index (χ2n) is 4.61. The molecule has 0 aromatic heterocycles. The first-order chi connectivity index (χ1) is 9.61. The van der Waals surface area contributed by atoms with Crippen molar-refractivity contribution >= 4 is 11.8 Å². The predicted molar refractivity (Wildman–Crippen MR) is 77.0 cm³/mol. The lowest BCUT2D eigenvalue weighted by Gasteiger charge is -2.07. The van der Waals surface area contributed by atoms with Crippen LogP contribution in [0.2, 0.25) is 0 Å². The third-order valence-electron chi connectivity index (χ3n) is 3.23. The average Bonchev–Trinajstić information content (AvgIpc) is 2.46. The second kappa shape index (κ2) is 6.15. The van der Waals surface area contributed by atoms with Crippen molar-refractivity contribution in [3.05, 3.63) is 70.8 Å². The predicted octanol–water partition coefficient (Wildman–Crippen LogP) is 3.11. The van der Waals surface area contributed by atoms with Crippen LogP contribution in [0.25, 0.3) is 0 Å². The molecule has 0 atom stereocenters. The minimum Gasteiger partial charge on any atom is -0.481 e. The lowest BCUT2D eigenvalue weighted by Crippen LogP contribution is -2.09. The SMILES string of the molecule is CCc1ccc(C(=O)c2ccccc2CC(=O)O)cc1. The van der Waals surface area contributed by atoms with Crippen molar-refractivity contribution in [1.29, 1.82) is 0 Å². The van der Waals surface area contributed by atoms with Gasteiger partial charge in [-0.15, -0.1) is 0 Å². The molecule has 102 valence electrons. The summed E-state index contributed by atoms with van der Waals surface area (Å²) in [7, 11) is 0. The Morgan fingerprint density at radius 2 is 1.65 bits per heavy atom. The molecule has 0 amide bonds. The fourth-order valence-corrected chi connectivity index (χ4v) is 2.11. The summed E-state index contributed by atoms with van der Waals surface area (Å²) >= 11 is 0. The van der Waals surface area contributed by atoms with Crippen molar-refractivity contribution in [2.75, 3.05) is 0 Å². The molecule has 0 fully saturated rings. The highest BCUT2D eigenvalue weighted by atomic mass is 16.4. The number of carbonyl (C=O) groups excluding carboxylic acids is 1. The Morgan fingerprint density at radius 3 is 2.25 bits per heavy atom. The van der Waals surface area contributed by atoms with Gasteiger partial charge in [-0.3, -0.25) is 9.59 Å². The van der Waals surface area contributed by atoms with Crippen LogP contribution in [0.4, 0.5) is 0 Å². The molecule has 0 radical (unpaired) electrons. The molecule has 0 heterocycles. The summed E-state index contributed by atoms with van der Waals surface area (Å²) in [5.74, 6) is -1.07. The number of benzene rings is 2. The Hall–Kier alpha value is -2.42. The zero-order valence-electron chi connectivity index (χ0n) is 11.3. The van der Waals surface area contributed by atoms with Gasteiger partial charge < -0.3 is 5.11 Å². The van der Waals surface area contributed by atoms with Crippen molar-refractivity contribution < 1.29 is 14.7 Å². The largest absolute Gasteiger partial charge is 0.481 e. The van der Waals surface area contributed by atoms with E-state index in [2.05, 4.69) is 6.92 Å². The number of carbonyl (C=O) groups is 2. The molecule has 3 heteroatoms. The number of ketones is 1. The molecular formula is C17H16O3. The van der Waals surface area contributed by atoms with Crippen LogP contribution < -0.4 is 0 Å². The lowest BCUT2D eigenvalue weighted by atomic mass is 9.96. The highest BCUT2D eigenvalue weighted by Crippen LogP contribution is 2.16. The maximum Gasteiger partial charge on any atom is 0.307 e. The Balaban J connectivity index is 2.34. The summed E-state index contributed by atoms with van der Waals surface area (Å²) in [6.07, 6.45) is 0.777. The highest BCUT2D eigenvalue weighted by molar-refractivity contribution is 6.10. The fraction of sp³-hybridized carbons (Fsp3) is 0.176. The Labute approximate surface area is 117 Å². The number of rotatable bonds is 5. The van der Waals surface area contributed by atoms with Crippen LogP contribution >= 0.6 is 0 Å². The molecule has 0 spiro atoms. The summed E-state index contributed by atoms with van der Waals surface area (Å²) in [4.78, 5) is 23.3. The van der Waals surface area contributed by atoms with Crippen molar-refractivity contribution in [2.45, 2.75) is 19.8 Å². The van der Waals surface area contributed by atoms with Gasteiger partial charge in [-0.25, -0.2) is 0 Å². The number of aryl methyl sites for hydroxylation is 1. The van der Waals surface area contributed by atoms with E-state index in [1.165, 1.54) is 5.56 Å². The third kappa shape index (κ3) is 3.12. The topological polar surface area (TPSA) is 54.4 Å². The van der Waals surface area contributed by atoms with Gasteiger partial charge in [0.2, 0.25) is 0 Å². The smallest absolute Gasteiger partial charge is 0.307 e. The minimum atomic E-state index is -0.938. The van der Waals surface area contributed by atoms with E-state index < -0.39 is 5.97 Å². The first-order valence-electron chi connectivity index (χ1n) is 6.55. The van der Waals surface area contributed by atoms with Crippen LogP contribution in [0.3, 0.4) is 0 Å². The van der Waals surface area contributed by atoms with Crippen LogP contribution in [-0.4, -0.2) is 16.9 Å². The second-order valence-corrected chi connectivity index (χ2v) is 4.61. The number of hydrogen-bond donors (Lipinski definition) is 1. The highest BCUT2D eigenvalue weighted by Gasteiger charge is 2.14.